The van der Waals surface area contributed by atoms with Gasteiger partial charge in [0.2, 0.25) is 0 Å². The molecule has 2 aromatic rings. The number of rotatable bonds is 3. The zero-order valence-corrected chi connectivity index (χ0v) is 9.67. The van der Waals surface area contributed by atoms with Crippen LogP contribution in [0.15, 0.2) is 40.6 Å². The molecule has 0 aliphatic carbocycles. The minimum atomic E-state index is -0.260. The fourth-order valence-corrected chi connectivity index (χ4v) is 2.28. The van der Waals surface area contributed by atoms with Gasteiger partial charge in [0.05, 0.1) is 0 Å². The molecule has 1 aromatic carbocycles. The average Bonchev–Trinajstić information content (AvgIpc) is 2.67. The van der Waals surface area contributed by atoms with Crippen LogP contribution < -0.4 is 5.73 Å². The molecule has 1 heterocycles. The highest BCUT2D eigenvalue weighted by Gasteiger charge is 2.07. The van der Waals surface area contributed by atoms with Gasteiger partial charge in [-0.1, -0.05) is 11.8 Å². The third-order valence-corrected chi connectivity index (χ3v) is 3.41. The molecular weight excluding hydrogens is 225 g/mol. The number of imidazole rings is 1. The molecule has 1 aromatic heterocycles. The molecule has 0 saturated heterocycles. The first-order valence-corrected chi connectivity index (χ1v) is 5.66. The maximum absolute atomic E-state index is 13.0. The van der Waals surface area contributed by atoms with Crippen LogP contribution in [0.25, 0.3) is 0 Å². The maximum atomic E-state index is 13.0. The highest BCUT2D eigenvalue weighted by atomic mass is 32.2. The normalized spacial score (nSPS) is 10.7. The highest BCUT2D eigenvalue weighted by molar-refractivity contribution is 7.99. The van der Waals surface area contributed by atoms with E-state index in [1.807, 2.05) is 17.8 Å². The monoisotopic (exact) mass is 237 g/mol. The van der Waals surface area contributed by atoms with Crippen molar-refractivity contribution in [3.8, 4) is 0 Å². The number of benzene rings is 1. The highest BCUT2D eigenvalue weighted by Crippen LogP contribution is 2.29. The van der Waals surface area contributed by atoms with E-state index in [1.54, 1.807) is 12.3 Å². The summed E-state index contributed by atoms with van der Waals surface area (Å²) in [6, 6.07) is 4.63. The van der Waals surface area contributed by atoms with E-state index >= 15 is 0 Å². The molecule has 0 radical (unpaired) electrons. The topological polar surface area (TPSA) is 43.8 Å². The van der Waals surface area contributed by atoms with E-state index < -0.39 is 0 Å². The molecule has 5 heteroatoms. The maximum Gasteiger partial charge on any atom is 0.172 e. The second-order valence-electron chi connectivity index (χ2n) is 3.38. The average molecular weight is 237 g/mol. The van der Waals surface area contributed by atoms with Crippen LogP contribution in [0.3, 0.4) is 0 Å². The van der Waals surface area contributed by atoms with Crippen LogP contribution in [0.2, 0.25) is 0 Å². The SMILES string of the molecule is Cn1ccnc1Sc1ccc(F)cc1CN. The molecule has 2 N–H and O–H groups in total. The van der Waals surface area contributed by atoms with Crippen LogP contribution in [-0.2, 0) is 13.6 Å². The molecule has 2 rings (SSSR count). The predicted molar refractivity (Wildman–Crippen MR) is 61.6 cm³/mol. The molecule has 84 valence electrons. The summed E-state index contributed by atoms with van der Waals surface area (Å²) in [4.78, 5) is 5.14. The Labute approximate surface area is 97.5 Å². The van der Waals surface area contributed by atoms with E-state index in [4.69, 9.17) is 5.73 Å². The van der Waals surface area contributed by atoms with Gasteiger partial charge >= 0.3 is 0 Å². The number of aryl methyl sites for hydroxylation is 1. The molecule has 0 atom stereocenters. The molecule has 0 spiro atoms. The van der Waals surface area contributed by atoms with Crippen LogP contribution in [-0.4, -0.2) is 9.55 Å². The lowest BCUT2D eigenvalue weighted by molar-refractivity contribution is 0.623. The molecular formula is C11H12FN3S. The molecule has 0 unspecified atom stereocenters. The zero-order chi connectivity index (χ0) is 11.5. The Hall–Kier alpha value is -1.33. The van der Waals surface area contributed by atoms with Crippen molar-refractivity contribution in [2.45, 2.75) is 16.6 Å². The summed E-state index contributed by atoms with van der Waals surface area (Å²) in [6.07, 6.45) is 3.60. The van der Waals surface area contributed by atoms with Gasteiger partial charge in [0.1, 0.15) is 5.82 Å². The van der Waals surface area contributed by atoms with Gasteiger partial charge in [-0.15, -0.1) is 0 Å². The van der Waals surface area contributed by atoms with Gasteiger partial charge in [0.25, 0.3) is 0 Å². The summed E-state index contributed by atoms with van der Waals surface area (Å²) in [6.45, 7) is 0.324. The molecule has 0 saturated carbocycles. The second-order valence-corrected chi connectivity index (χ2v) is 4.39. The predicted octanol–water partition coefficient (Wildman–Crippen LogP) is 2.17. The van der Waals surface area contributed by atoms with E-state index in [9.17, 15) is 4.39 Å². The lowest BCUT2D eigenvalue weighted by Gasteiger charge is -2.07. The van der Waals surface area contributed by atoms with Crippen molar-refractivity contribution in [3.05, 3.63) is 42.0 Å². The Morgan fingerprint density at radius 2 is 2.31 bits per heavy atom. The summed E-state index contributed by atoms with van der Waals surface area (Å²) in [5, 5.41) is 0.862. The van der Waals surface area contributed by atoms with Gasteiger partial charge in [-0.05, 0) is 23.8 Å². The Morgan fingerprint density at radius 3 is 2.94 bits per heavy atom. The van der Waals surface area contributed by atoms with Crippen LogP contribution in [0, 0.1) is 5.82 Å². The van der Waals surface area contributed by atoms with E-state index in [2.05, 4.69) is 4.98 Å². The third kappa shape index (κ3) is 2.25. The summed E-state index contributed by atoms with van der Waals surface area (Å²) in [7, 11) is 1.92. The quantitative estimate of drug-likeness (QED) is 0.889. The number of aromatic nitrogens is 2. The fourth-order valence-electron chi connectivity index (χ4n) is 1.36. The minimum absolute atomic E-state index is 0.260. The van der Waals surface area contributed by atoms with Crippen molar-refractivity contribution in [1.82, 2.24) is 9.55 Å². The van der Waals surface area contributed by atoms with E-state index in [1.165, 1.54) is 23.9 Å². The molecule has 0 amide bonds. The van der Waals surface area contributed by atoms with Crippen LogP contribution >= 0.6 is 11.8 Å². The standard InChI is InChI=1S/C11H12FN3S/c1-15-5-4-14-11(15)16-10-3-2-9(12)6-8(10)7-13/h2-6H,7,13H2,1H3. The Kier molecular flexibility index (Phi) is 3.26. The first-order valence-electron chi connectivity index (χ1n) is 4.84. The fraction of sp³-hybridized carbons (Fsp3) is 0.182. The van der Waals surface area contributed by atoms with E-state index in [0.717, 1.165) is 15.6 Å². The molecule has 0 fully saturated rings. The smallest absolute Gasteiger partial charge is 0.172 e. The van der Waals surface area contributed by atoms with Crippen LogP contribution in [0.1, 0.15) is 5.56 Å². The van der Waals surface area contributed by atoms with E-state index in [-0.39, 0.29) is 5.82 Å². The van der Waals surface area contributed by atoms with Crippen LogP contribution in [0.4, 0.5) is 4.39 Å². The lowest BCUT2D eigenvalue weighted by Crippen LogP contribution is -1.99. The number of hydrogen-bond donors (Lipinski definition) is 1. The Morgan fingerprint density at radius 1 is 1.50 bits per heavy atom. The van der Waals surface area contributed by atoms with E-state index in [0.29, 0.717) is 6.54 Å². The Balaban J connectivity index is 2.31. The second kappa shape index (κ2) is 4.67. The Bertz CT molecular complexity index is 496. The van der Waals surface area contributed by atoms with Gasteiger partial charge in [0.15, 0.2) is 5.16 Å². The van der Waals surface area contributed by atoms with Crippen molar-refractivity contribution in [1.29, 1.82) is 0 Å². The first-order chi connectivity index (χ1) is 7.70. The molecule has 0 aliphatic heterocycles. The summed E-state index contributed by atoms with van der Waals surface area (Å²) < 4.78 is 14.9. The van der Waals surface area contributed by atoms with Gasteiger partial charge in [-0.3, -0.25) is 0 Å². The van der Waals surface area contributed by atoms with Gasteiger partial charge in [-0.25, -0.2) is 9.37 Å². The van der Waals surface area contributed by atoms with Crippen molar-refractivity contribution < 1.29 is 4.39 Å². The lowest BCUT2D eigenvalue weighted by atomic mass is 10.2. The molecule has 3 nitrogen and oxygen atoms in total. The number of halogens is 1. The minimum Gasteiger partial charge on any atom is -0.329 e. The summed E-state index contributed by atoms with van der Waals surface area (Å²) in [5.41, 5.74) is 6.38. The summed E-state index contributed by atoms with van der Waals surface area (Å²) in [5.74, 6) is -0.260. The van der Waals surface area contributed by atoms with Crippen LogP contribution in [0.5, 0.6) is 0 Å². The molecule has 0 bridgehead atoms. The number of hydrogen-bond acceptors (Lipinski definition) is 3. The molecule has 16 heavy (non-hydrogen) atoms. The zero-order valence-electron chi connectivity index (χ0n) is 8.85. The van der Waals surface area contributed by atoms with Crippen molar-refractivity contribution >= 4 is 11.8 Å². The van der Waals surface area contributed by atoms with Gasteiger partial charge in [-0.2, -0.15) is 0 Å². The number of nitrogens with zero attached hydrogens (tertiary/aromatic N) is 2. The van der Waals surface area contributed by atoms with Gasteiger partial charge in [0, 0.05) is 30.9 Å². The molecule has 0 aliphatic rings. The first kappa shape index (κ1) is 11.2. The van der Waals surface area contributed by atoms with Crippen molar-refractivity contribution in [2.24, 2.45) is 12.8 Å². The van der Waals surface area contributed by atoms with Crippen molar-refractivity contribution in [3.63, 3.8) is 0 Å². The van der Waals surface area contributed by atoms with Crippen molar-refractivity contribution in [2.75, 3.05) is 0 Å². The third-order valence-electron chi connectivity index (χ3n) is 2.22. The summed E-state index contributed by atoms with van der Waals surface area (Å²) >= 11 is 1.49. The largest absolute Gasteiger partial charge is 0.329 e. The van der Waals surface area contributed by atoms with Gasteiger partial charge < -0.3 is 10.3 Å². The number of nitrogens with two attached hydrogens (primary N) is 1.